The van der Waals surface area contributed by atoms with E-state index in [1.165, 1.54) is 18.3 Å². The SMILES string of the molecule is CC(C)(C)CC(N)CNC(=O)c1ccc(=O)[nH]c1. The monoisotopic (exact) mass is 251 g/mol. The van der Waals surface area contributed by atoms with Crippen molar-refractivity contribution in [2.24, 2.45) is 11.1 Å². The third kappa shape index (κ3) is 5.14. The summed E-state index contributed by atoms with van der Waals surface area (Å²) in [5.74, 6) is -0.226. The fourth-order valence-electron chi connectivity index (χ4n) is 1.74. The van der Waals surface area contributed by atoms with Crippen molar-refractivity contribution >= 4 is 5.91 Å². The standard InChI is InChI=1S/C13H21N3O2/c1-13(2,3)6-10(14)8-16-12(18)9-4-5-11(17)15-7-9/h4-5,7,10H,6,8,14H2,1-3H3,(H,15,17)(H,16,18). The van der Waals surface area contributed by atoms with Gasteiger partial charge in [-0.15, -0.1) is 0 Å². The summed E-state index contributed by atoms with van der Waals surface area (Å²) >= 11 is 0. The number of amides is 1. The van der Waals surface area contributed by atoms with Crippen LogP contribution in [0.25, 0.3) is 0 Å². The number of pyridine rings is 1. The van der Waals surface area contributed by atoms with Crippen LogP contribution in [0.4, 0.5) is 0 Å². The summed E-state index contributed by atoms with van der Waals surface area (Å²) in [4.78, 5) is 25.1. The number of aromatic nitrogens is 1. The van der Waals surface area contributed by atoms with Gasteiger partial charge in [0.25, 0.3) is 5.91 Å². The predicted molar refractivity (Wildman–Crippen MR) is 71.4 cm³/mol. The van der Waals surface area contributed by atoms with Crippen molar-refractivity contribution in [3.05, 3.63) is 34.2 Å². The van der Waals surface area contributed by atoms with Crippen LogP contribution in [0.3, 0.4) is 0 Å². The summed E-state index contributed by atoms with van der Waals surface area (Å²) in [5, 5.41) is 2.75. The van der Waals surface area contributed by atoms with Crippen LogP contribution >= 0.6 is 0 Å². The first-order valence-electron chi connectivity index (χ1n) is 6.00. The Labute approximate surface area is 107 Å². The van der Waals surface area contributed by atoms with Crippen LogP contribution in [0.5, 0.6) is 0 Å². The summed E-state index contributed by atoms with van der Waals surface area (Å²) in [7, 11) is 0. The van der Waals surface area contributed by atoms with Gasteiger partial charge in [0.15, 0.2) is 0 Å². The van der Waals surface area contributed by atoms with E-state index in [9.17, 15) is 9.59 Å². The summed E-state index contributed by atoms with van der Waals surface area (Å²) in [6.07, 6.45) is 2.23. The van der Waals surface area contributed by atoms with Gasteiger partial charge in [-0.2, -0.15) is 0 Å². The van der Waals surface area contributed by atoms with Crippen molar-refractivity contribution in [3.8, 4) is 0 Å². The maximum atomic E-state index is 11.7. The first kappa shape index (κ1) is 14.4. The van der Waals surface area contributed by atoms with Gasteiger partial charge in [0.1, 0.15) is 0 Å². The average molecular weight is 251 g/mol. The van der Waals surface area contributed by atoms with Gasteiger partial charge in [0, 0.05) is 24.8 Å². The van der Waals surface area contributed by atoms with Crippen LogP contribution < -0.4 is 16.6 Å². The second kappa shape index (κ2) is 5.82. The molecule has 0 radical (unpaired) electrons. The molecule has 5 nitrogen and oxygen atoms in total. The molecule has 0 bridgehead atoms. The van der Waals surface area contributed by atoms with Gasteiger partial charge in [-0.05, 0) is 17.9 Å². The Kier molecular flexibility index (Phi) is 4.67. The average Bonchev–Trinajstić information content (AvgIpc) is 2.24. The van der Waals surface area contributed by atoms with E-state index >= 15 is 0 Å². The van der Waals surface area contributed by atoms with Crippen molar-refractivity contribution in [1.29, 1.82) is 0 Å². The van der Waals surface area contributed by atoms with E-state index in [4.69, 9.17) is 5.73 Å². The summed E-state index contributed by atoms with van der Waals surface area (Å²) in [6.45, 7) is 6.75. The van der Waals surface area contributed by atoms with Crippen LogP contribution in [0.1, 0.15) is 37.6 Å². The molecular formula is C13H21N3O2. The molecule has 100 valence electrons. The first-order chi connectivity index (χ1) is 8.28. The Morgan fingerprint density at radius 2 is 2.11 bits per heavy atom. The van der Waals surface area contributed by atoms with E-state index in [2.05, 4.69) is 31.1 Å². The Bertz CT molecular complexity index is 440. The molecule has 0 aromatic carbocycles. The van der Waals surface area contributed by atoms with E-state index in [1.54, 1.807) is 0 Å². The molecule has 0 aliphatic carbocycles. The topological polar surface area (TPSA) is 88.0 Å². The highest BCUT2D eigenvalue weighted by Gasteiger charge is 2.16. The lowest BCUT2D eigenvalue weighted by Crippen LogP contribution is -2.39. The van der Waals surface area contributed by atoms with Crippen molar-refractivity contribution in [2.45, 2.75) is 33.2 Å². The molecule has 0 aliphatic heterocycles. The zero-order valence-electron chi connectivity index (χ0n) is 11.1. The lowest BCUT2D eigenvalue weighted by molar-refractivity contribution is 0.0948. The van der Waals surface area contributed by atoms with E-state index < -0.39 is 0 Å². The smallest absolute Gasteiger partial charge is 0.252 e. The van der Waals surface area contributed by atoms with Gasteiger partial charge in [-0.1, -0.05) is 20.8 Å². The Morgan fingerprint density at radius 3 is 2.61 bits per heavy atom. The fourth-order valence-corrected chi connectivity index (χ4v) is 1.74. The van der Waals surface area contributed by atoms with Crippen LogP contribution in [0.15, 0.2) is 23.1 Å². The predicted octanol–water partition coefficient (Wildman–Crippen LogP) is 0.868. The Balaban J connectivity index is 2.46. The van der Waals surface area contributed by atoms with Crippen molar-refractivity contribution in [3.63, 3.8) is 0 Å². The molecular weight excluding hydrogens is 230 g/mol. The number of rotatable bonds is 4. The lowest BCUT2D eigenvalue weighted by atomic mass is 9.88. The van der Waals surface area contributed by atoms with Crippen molar-refractivity contribution < 1.29 is 4.79 Å². The van der Waals surface area contributed by atoms with Gasteiger partial charge >= 0.3 is 0 Å². The summed E-state index contributed by atoms with van der Waals surface area (Å²) in [6, 6.07) is 2.74. The third-order valence-electron chi connectivity index (χ3n) is 2.45. The highest BCUT2D eigenvalue weighted by atomic mass is 16.1. The van der Waals surface area contributed by atoms with Gasteiger partial charge in [0.05, 0.1) is 5.56 Å². The molecule has 1 rings (SSSR count). The minimum Gasteiger partial charge on any atom is -0.350 e. The molecule has 1 amide bonds. The normalized spacial score (nSPS) is 13.1. The van der Waals surface area contributed by atoms with E-state index in [0.29, 0.717) is 12.1 Å². The quantitative estimate of drug-likeness (QED) is 0.742. The van der Waals surface area contributed by atoms with Crippen molar-refractivity contribution in [2.75, 3.05) is 6.54 Å². The molecule has 18 heavy (non-hydrogen) atoms. The Hall–Kier alpha value is -1.62. The fraction of sp³-hybridized carbons (Fsp3) is 0.538. The van der Waals surface area contributed by atoms with Crippen molar-refractivity contribution in [1.82, 2.24) is 10.3 Å². The van der Waals surface area contributed by atoms with Gasteiger partial charge in [-0.3, -0.25) is 9.59 Å². The molecule has 0 fully saturated rings. The zero-order valence-corrected chi connectivity index (χ0v) is 11.1. The summed E-state index contributed by atoms with van der Waals surface area (Å²) < 4.78 is 0. The third-order valence-corrected chi connectivity index (χ3v) is 2.45. The molecule has 5 heteroatoms. The second-order valence-corrected chi connectivity index (χ2v) is 5.68. The first-order valence-corrected chi connectivity index (χ1v) is 6.00. The minimum atomic E-state index is -0.226. The van der Waals surface area contributed by atoms with Crippen LogP contribution in [0.2, 0.25) is 0 Å². The maximum Gasteiger partial charge on any atom is 0.252 e. The molecule has 1 heterocycles. The Morgan fingerprint density at radius 1 is 1.44 bits per heavy atom. The number of nitrogens with one attached hydrogen (secondary N) is 2. The largest absolute Gasteiger partial charge is 0.350 e. The molecule has 0 saturated carbocycles. The second-order valence-electron chi connectivity index (χ2n) is 5.68. The zero-order chi connectivity index (χ0) is 13.8. The van der Waals surface area contributed by atoms with E-state index in [0.717, 1.165) is 6.42 Å². The number of hydrogen-bond acceptors (Lipinski definition) is 3. The number of carbonyl (C=O) groups excluding carboxylic acids is 1. The number of hydrogen-bond donors (Lipinski definition) is 3. The van der Waals surface area contributed by atoms with Gasteiger partial charge < -0.3 is 16.0 Å². The van der Waals surface area contributed by atoms with E-state index in [-0.39, 0.29) is 22.9 Å². The van der Waals surface area contributed by atoms with Crippen LogP contribution in [-0.4, -0.2) is 23.5 Å². The molecule has 1 aromatic heterocycles. The lowest BCUT2D eigenvalue weighted by Gasteiger charge is -2.23. The number of nitrogens with two attached hydrogens (primary N) is 1. The maximum absolute atomic E-state index is 11.7. The minimum absolute atomic E-state index is 0.0725. The van der Waals surface area contributed by atoms with Crippen LogP contribution in [-0.2, 0) is 0 Å². The highest BCUT2D eigenvalue weighted by molar-refractivity contribution is 5.93. The summed E-state index contributed by atoms with van der Waals surface area (Å²) in [5.41, 5.74) is 6.28. The number of aromatic amines is 1. The molecule has 0 spiro atoms. The molecule has 0 saturated heterocycles. The van der Waals surface area contributed by atoms with Gasteiger partial charge in [0.2, 0.25) is 5.56 Å². The molecule has 4 N–H and O–H groups in total. The highest BCUT2D eigenvalue weighted by Crippen LogP contribution is 2.19. The molecule has 1 atom stereocenters. The van der Waals surface area contributed by atoms with Crippen LogP contribution in [0, 0.1) is 5.41 Å². The molecule has 1 aromatic rings. The molecule has 1 unspecified atom stereocenters. The molecule has 0 aliphatic rings. The number of carbonyl (C=O) groups is 1. The number of H-pyrrole nitrogens is 1. The van der Waals surface area contributed by atoms with E-state index in [1.807, 2.05) is 0 Å². The van der Waals surface area contributed by atoms with Gasteiger partial charge in [-0.25, -0.2) is 0 Å².